The van der Waals surface area contributed by atoms with Crippen LogP contribution in [-0.4, -0.2) is 30.2 Å². The maximum absolute atomic E-state index is 12.8. The lowest BCUT2D eigenvalue weighted by Crippen LogP contribution is -2.48. The van der Waals surface area contributed by atoms with Gasteiger partial charge in [0.15, 0.2) is 0 Å². The zero-order valence-corrected chi connectivity index (χ0v) is 13.9. The Labute approximate surface area is 132 Å². The van der Waals surface area contributed by atoms with E-state index in [1.54, 1.807) is 13.2 Å². The first-order valence-electron chi connectivity index (χ1n) is 7.98. The molecule has 0 saturated heterocycles. The predicted molar refractivity (Wildman–Crippen MR) is 86.1 cm³/mol. The standard InChI is InChI=1S/C17H26N2O3/c1-5-22-17(10-6-7-12(2)11-17)16(20)19-14-8-9-15(21-4)18-13(14)3/h8-9,12H,5-7,10-11H2,1-4H3,(H,19,20)/t12-,17+/m0/s1. The molecule has 0 spiro atoms. The molecule has 1 saturated carbocycles. The maximum Gasteiger partial charge on any atom is 0.256 e. The Morgan fingerprint density at radius 2 is 2.27 bits per heavy atom. The molecule has 1 aliphatic carbocycles. The van der Waals surface area contributed by atoms with E-state index in [2.05, 4.69) is 17.2 Å². The third-order valence-corrected chi connectivity index (χ3v) is 4.31. The van der Waals surface area contributed by atoms with Gasteiger partial charge in [0.05, 0.1) is 18.5 Å². The molecule has 0 aromatic carbocycles. The first-order chi connectivity index (χ1) is 10.5. The van der Waals surface area contributed by atoms with Crippen molar-refractivity contribution >= 4 is 11.6 Å². The molecule has 22 heavy (non-hydrogen) atoms. The highest BCUT2D eigenvalue weighted by molar-refractivity contribution is 5.97. The lowest BCUT2D eigenvalue weighted by Gasteiger charge is -2.38. The Morgan fingerprint density at radius 3 is 2.86 bits per heavy atom. The Morgan fingerprint density at radius 1 is 1.50 bits per heavy atom. The number of ether oxygens (including phenoxy) is 2. The summed E-state index contributed by atoms with van der Waals surface area (Å²) in [6, 6.07) is 3.57. The Bertz CT molecular complexity index is 529. The molecule has 2 atom stereocenters. The predicted octanol–water partition coefficient (Wildman–Crippen LogP) is 3.32. The van der Waals surface area contributed by atoms with Gasteiger partial charge in [-0.15, -0.1) is 0 Å². The first-order valence-corrected chi connectivity index (χ1v) is 7.98. The summed E-state index contributed by atoms with van der Waals surface area (Å²) in [5.41, 5.74) is 0.741. The summed E-state index contributed by atoms with van der Waals surface area (Å²) >= 11 is 0. The highest BCUT2D eigenvalue weighted by Gasteiger charge is 2.42. The number of nitrogens with one attached hydrogen (secondary N) is 1. The van der Waals surface area contributed by atoms with Crippen LogP contribution >= 0.6 is 0 Å². The van der Waals surface area contributed by atoms with Crippen molar-refractivity contribution in [3.63, 3.8) is 0 Å². The summed E-state index contributed by atoms with van der Waals surface area (Å²) in [6.45, 7) is 6.52. The van der Waals surface area contributed by atoms with Gasteiger partial charge in [-0.05, 0) is 45.1 Å². The molecule has 1 heterocycles. The van der Waals surface area contributed by atoms with Gasteiger partial charge in [0.1, 0.15) is 5.60 Å². The first kappa shape index (κ1) is 16.7. The molecule has 1 aliphatic rings. The molecule has 5 heteroatoms. The van der Waals surface area contributed by atoms with E-state index in [4.69, 9.17) is 9.47 Å². The van der Waals surface area contributed by atoms with Gasteiger partial charge in [0.2, 0.25) is 5.88 Å². The van der Waals surface area contributed by atoms with E-state index < -0.39 is 5.60 Å². The molecular formula is C17H26N2O3. The molecular weight excluding hydrogens is 280 g/mol. The molecule has 1 fully saturated rings. The molecule has 0 bridgehead atoms. The highest BCUT2D eigenvalue weighted by atomic mass is 16.5. The average Bonchev–Trinajstić information content (AvgIpc) is 2.49. The van der Waals surface area contributed by atoms with E-state index in [0.29, 0.717) is 24.1 Å². The fraction of sp³-hybridized carbons (Fsp3) is 0.647. The number of nitrogens with zero attached hydrogens (tertiary/aromatic N) is 1. The lowest BCUT2D eigenvalue weighted by atomic mass is 9.78. The van der Waals surface area contributed by atoms with Crippen LogP contribution in [0.3, 0.4) is 0 Å². The number of amides is 1. The van der Waals surface area contributed by atoms with Crippen molar-refractivity contribution in [3.05, 3.63) is 17.8 Å². The monoisotopic (exact) mass is 306 g/mol. The third kappa shape index (κ3) is 3.58. The zero-order valence-electron chi connectivity index (χ0n) is 13.9. The van der Waals surface area contributed by atoms with E-state index in [9.17, 15) is 4.79 Å². The second-order valence-electron chi connectivity index (χ2n) is 6.07. The molecule has 0 aliphatic heterocycles. The molecule has 122 valence electrons. The number of hydrogen-bond acceptors (Lipinski definition) is 4. The van der Waals surface area contributed by atoms with Crippen molar-refractivity contribution in [3.8, 4) is 5.88 Å². The summed E-state index contributed by atoms with van der Waals surface area (Å²) in [4.78, 5) is 17.1. The molecule has 0 unspecified atom stereocenters. The van der Waals surface area contributed by atoms with Gasteiger partial charge in [-0.25, -0.2) is 4.98 Å². The van der Waals surface area contributed by atoms with Crippen LogP contribution in [0, 0.1) is 12.8 Å². The lowest BCUT2D eigenvalue weighted by molar-refractivity contribution is -0.147. The number of aromatic nitrogens is 1. The number of anilines is 1. The average molecular weight is 306 g/mol. The van der Waals surface area contributed by atoms with Gasteiger partial charge in [-0.2, -0.15) is 0 Å². The van der Waals surface area contributed by atoms with Crippen LogP contribution in [-0.2, 0) is 9.53 Å². The second kappa shape index (κ2) is 7.09. The highest BCUT2D eigenvalue weighted by Crippen LogP contribution is 2.36. The second-order valence-corrected chi connectivity index (χ2v) is 6.07. The summed E-state index contributed by atoms with van der Waals surface area (Å²) in [7, 11) is 1.58. The fourth-order valence-electron chi connectivity index (χ4n) is 3.20. The van der Waals surface area contributed by atoms with Crippen LogP contribution in [0.4, 0.5) is 5.69 Å². The Balaban J connectivity index is 2.18. The zero-order chi connectivity index (χ0) is 16.2. The van der Waals surface area contributed by atoms with Crippen molar-refractivity contribution in [2.45, 2.75) is 52.1 Å². The van der Waals surface area contributed by atoms with Gasteiger partial charge in [0, 0.05) is 12.7 Å². The van der Waals surface area contributed by atoms with Crippen LogP contribution < -0.4 is 10.1 Å². The maximum atomic E-state index is 12.8. The van der Waals surface area contributed by atoms with Crippen LogP contribution in [0.1, 0.15) is 45.2 Å². The minimum Gasteiger partial charge on any atom is -0.481 e. The molecule has 1 amide bonds. The number of carbonyl (C=O) groups is 1. The van der Waals surface area contributed by atoms with Crippen molar-refractivity contribution in [1.29, 1.82) is 0 Å². The number of hydrogen-bond donors (Lipinski definition) is 1. The fourth-order valence-corrected chi connectivity index (χ4v) is 3.20. The minimum absolute atomic E-state index is 0.0593. The molecule has 5 nitrogen and oxygen atoms in total. The van der Waals surface area contributed by atoms with Gasteiger partial charge < -0.3 is 14.8 Å². The van der Waals surface area contributed by atoms with Crippen LogP contribution in [0.2, 0.25) is 0 Å². The van der Waals surface area contributed by atoms with Gasteiger partial charge in [-0.3, -0.25) is 4.79 Å². The number of rotatable bonds is 5. The van der Waals surface area contributed by atoms with Crippen molar-refractivity contribution in [1.82, 2.24) is 4.98 Å². The third-order valence-electron chi connectivity index (χ3n) is 4.31. The van der Waals surface area contributed by atoms with Crippen molar-refractivity contribution in [2.75, 3.05) is 19.0 Å². The molecule has 0 radical (unpaired) electrons. The number of pyridine rings is 1. The number of methoxy groups -OCH3 is 1. The van der Waals surface area contributed by atoms with Crippen molar-refractivity contribution < 1.29 is 14.3 Å². The van der Waals surface area contributed by atoms with Crippen LogP contribution in [0.5, 0.6) is 5.88 Å². The summed E-state index contributed by atoms with van der Waals surface area (Å²) in [5, 5.41) is 3.00. The van der Waals surface area contributed by atoms with Crippen LogP contribution in [0.15, 0.2) is 12.1 Å². The quantitative estimate of drug-likeness (QED) is 0.906. The summed E-state index contributed by atoms with van der Waals surface area (Å²) in [6.07, 6.45) is 3.73. The van der Waals surface area contributed by atoms with Crippen LogP contribution in [0.25, 0.3) is 0 Å². The Hall–Kier alpha value is -1.62. The minimum atomic E-state index is -0.710. The van der Waals surface area contributed by atoms with Gasteiger partial charge in [-0.1, -0.05) is 13.3 Å². The Kier molecular flexibility index (Phi) is 5.40. The summed E-state index contributed by atoms with van der Waals surface area (Å²) < 4.78 is 11.0. The van der Waals surface area contributed by atoms with E-state index >= 15 is 0 Å². The topological polar surface area (TPSA) is 60.5 Å². The molecule has 1 aromatic rings. The molecule has 1 N–H and O–H groups in total. The largest absolute Gasteiger partial charge is 0.481 e. The smallest absolute Gasteiger partial charge is 0.256 e. The molecule has 1 aromatic heterocycles. The molecule has 2 rings (SSSR count). The van der Waals surface area contributed by atoms with E-state index in [-0.39, 0.29) is 5.91 Å². The number of carbonyl (C=O) groups excluding carboxylic acids is 1. The summed E-state index contributed by atoms with van der Waals surface area (Å²) in [5.74, 6) is 0.985. The van der Waals surface area contributed by atoms with Crippen molar-refractivity contribution in [2.24, 2.45) is 5.92 Å². The van der Waals surface area contributed by atoms with E-state index in [1.165, 1.54) is 0 Å². The SMILES string of the molecule is CCO[C@]1(C(=O)Nc2ccc(OC)nc2C)CCC[C@H](C)C1. The van der Waals surface area contributed by atoms with E-state index in [0.717, 1.165) is 31.4 Å². The van der Waals surface area contributed by atoms with Gasteiger partial charge >= 0.3 is 0 Å². The number of aryl methyl sites for hydroxylation is 1. The van der Waals surface area contributed by atoms with Gasteiger partial charge in [0.25, 0.3) is 5.91 Å². The van der Waals surface area contributed by atoms with E-state index in [1.807, 2.05) is 19.9 Å². The normalized spacial score (nSPS) is 24.8.